The minimum Gasteiger partial charge on any atom is -0.362 e. The number of aromatic nitrogens is 2. The zero-order chi connectivity index (χ0) is 23.5. The van der Waals surface area contributed by atoms with Gasteiger partial charge in [0, 0.05) is 38.3 Å². The average Bonchev–Trinajstić information content (AvgIpc) is 2.80. The summed E-state index contributed by atoms with van der Waals surface area (Å²) in [5, 5.41) is 3.52. The van der Waals surface area contributed by atoms with Crippen LogP contribution in [0.3, 0.4) is 0 Å². The number of hydrogen-bond donors (Lipinski definition) is 3. The van der Waals surface area contributed by atoms with Gasteiger partial charge in [-0.1, -0.05) is 6.07 Å². The van der Waals surface area contributed by atoms with Gasteiger partial charge in [0.15, 0.2) is 0 Å². The van der Waals surface area contributed by atoms with Crippen LogP contribution in [0.25, 0.3) is 0 Å². The van der Waals surface area contributed by atoms with Crippen molar-refractivity contribution in [1.29, 1.82) is 0 Å². The predicted octanol–water partition coefficient (Wildman–Crippen LogP) is 3.33. The predicted molar refractivity (Wildman–Crippen MR) is 129 cm³/mol. The van der Waals surface area contributed by atoms with E-state index in [9.17, 15) is 9.18 Å². The largest absolute Gasteiger partial charge is 0.362 e. The Bertz CT molecular complexity index is 1000. The molecule has 2 amide bonds. The minimum absolute atomic E-state index is 0.102. The van der Waals surface area contributed by atoms with Gasteiger partial charge in [-0.3, -0.25) is 4.90 Å². The van der Waals surface area contributed by atoms with Gasteiger partial charge < -0.3 is 21.7 Å². The Balaban J connectivity index is 1.47. The summed E-state index contributed by atoms with van der Waals surface area (Å²) >= 11 is 0. The zero-order valence-electron chi connectivity index (χ0n) is 19.5. The molecule has 1 heterocycles. The Labute approximate surface area is 194 Å². The van der Waals surface area contributed by atoms with E-state index in [0.29, 0.717) is 17.2 Å². The van der Waals surface area contributed by atoms with Crippen LogP contribution in [0.1, 0.15) is 55.3 Å². The topological polar surface area (TPSA) is 113 Å². The highest BCUT2D eigenvalue weighted by molar-refractivity contribution is 5.92. The van der Waals surface area contributed by atoms with E-state index >= 15 is 0 Å². The molecule has 0 unspecified atom stereocenters. The van der Waals surface area contributed by atoms with E-state index in [1.165, 1.54) is 29.0 Å². The van der Waals surface area contributed by atoms with Gasteiger partial charge in [0.05, 0.1) is 11.4 Å². The van der Waals surface area contributed by atoms with Gasteiger partial charge in [0.25, 0.3) is 0 Å². The molecule has 2 aliphatic carbocycles. The summed E-state index contributed by atoms with van der Waals surface area (Å²) in [5.74, 6) is 1.26. The lowest BCUT2D eigenvalue weighted by atomic mass is 9.89. The molecule has 1 saturated carbocycles. The van der Waals surface area contributed by atoms with Crippen molar-refractivity contribution in [3.8, 4) is 0 Å². The fourth-order valence-corrected chi connectivity index (χ4v) is 5.10. The number of anilines is 3. The fourth-order valence-electron chi connectivity index (χ4n) is 5.10. The first-order valence-electron chi connectivity index (χ1n) is 11.8. The SMILES string of the molecule is CN(C)c1nc(N[C@H]2CC[C@@H](N(C(N)=O)c3cc(F)ccc3CN)CC2)nc2c1CCCC2. The Hall–Kier alpha value is -2.94. The maximum atomic E-state index is 13.9. The van der Waals surface area contributed by atoms with Crippen molar-refractivity contribution in [3.63, 3.8) is 0 Å². The number of urea groups is 1. The normalized spacial score (nSPS) is 20.1. The molecule has 0 radical (unpaired) electrons. The molecule has 178 valence electrons. The first-order valence-corrected chi connectivity index (χ1v) is 11.8. The summed E-state index contributed by atoms with van der Waals surface area (Å²) < 4.78 is 13.9. The molecule has 0 spiro atoms. The molecule has 2 aromatic rings. The van der Waals surface area contributed by atoms with E-state index in [1.54, 1.807) is 6.07 Å². The van der Waals surface area contributed by atoms with Crippen LogP contribution >= 0.6 is 0 Å². The number of primary amides is 1. The van der Waals surface area contributed by atoms with E-state index in [2.05, 4.69) is 10.2 Å². The van der Waals surface area contributed by atoms with Gasteiger partial charge in [0.2, 0.25) is 5.95 Å². The highest BCUT2D eigenvalue weighted by atomic mass is 19.1. The number of benzene rings is 1. The van der Waals surface area contributed by atoms with Crippen LogP contribution in [0, 0.1) is 5.82 Å². The number of nitrogens with one attached hydrogen (secondary N) is 1. The smallest absolute Gasteiger partial charge is 0.319 e. The third-order valence-corrected chi connectivity index (χ3v) is 6.74. The maximum absolute atomic E-state index is 13.9. The summed E-state index contributed by atoms with van der Waals surface area (Å²) in [6.07, 6.45) is 7.52. The Morgan fingerprint density at radius 1 is 1.15 bits per heavy atom. The maximum Gasteiger partial charge on any atom is 0.319 e. The monoisotopic (exact) mass is 455 g/mol. The molecule has 0 saturated heterocycles. The number of nitrogens with two attached hydrogens (primary N) is 2. The number of carbonyl (C=O) groups is 1. The highest BCUT2D eigenvalue weighted by Gasteiger charge is 2.31. The number of amides is 2. The molecule has 9 heteroatoms. The lowest BCUT2D eigenvalue weighted by molar-refractivity contribution is 0.248. The van der Waals surface area contributed by atoms with Crippen molar-refractivity contribution in [2.24, 2.45) is 11.5 Å². The molecule has 1 fully saturated rings. The Kier molecular flexibility index (Phi) is 6.97. The standard InChI is InChI=1S/C24H34FN7O/c1-31(2)22-19-5-3-4-6-20(19)29-24(30-22)28-17-9-11-18(12-10-17)32(23(27)33)21-13-16(25)8-7-15(21)14-26/h7-8,13,17-18H,3-6,9-12,14,26H2,1-2H3,(H2,27,33)(H,28,29,30)/t17-,18+. The molecule has 4 rings (SSSR count). The van der Waals surface area contributed by atoms with Crippen LogP contribution in [0.5, 0.6) is 0 Å². The third kappa shape index (κ3) is 5.03. The van der Waals surface area contributed by atoms with Crippen molar-refractivity contribution in [3.05, 3.63) is 40.8 Å². The number of carbonyl (C=O) groups excluding carboxylic acids is 1. The number of rotatable bonds is 6. The van der Waals surface area contributed by atoms with E-state index < -0.39 is 11.8 Å². The lowest BCUT2D eigenvalue weighted by Crippen LogP contribution is -2.47. The van der Waals surface area contributed by atoms with E-state index in [4.69, 9.17) is 21.4 Å². The second kappa shape index (κ2) is 9.91. The molecule has 0 aliphatic heterocycles. The van der Waals surface area contributed by atoms with E-state index in [1.807, 2.05) is 14.1 Å². The molecular formula is C24H34FN7O. The van der Waals surface area contributed by atoms with Gasteiger partial charge in [-0.2, -0.15) is 4.98 Å². The van der Waals surface area contributed by atoms with Crippen LogP contribution in [-0.2, 0) is 19.4 Å². The quantitative estimate of drug-likeness (QED) is 0.616. The number of fused-ring (bicyclic) bond motifs is 1. The van der Waals surface area contributed by atoms with Crippen molar-refractivity contribution in [1.82, 2.24) is 9.97 Å². The fraction of sp³-hybridized carbons (Fsp3) is 0.542. The van der Waals surface area contributed by atoms with E-state index in [-0.39, 0.29) is 18.6 Å². The average molecular weight is 456 g/mol. The van der Waals surface area contributed by atoms with Gasteiger partial charge in [-0.25, -0.2) is 14.2 Å². The summed E-state index contributed by atoms with van der Waals surface area (Å²) in [4.78, 5) is 25.5. The summed E-state index contributed by atoms with van der Waals surface area (Å²) in [7, 11) is 4.04. The molecule has 2 aliphatic rings. The molecule has 0 bridgehead atoms. The van der Waals surface area contributed by atoms with Crippen molar-refractivity contribution in [2.75, 3.05) is 29.2 Å². The Morgan fingerprint density at radius 2 is 1.88 bits per heavy atom. The zero-order valence-corrected chi connectivity index (χ0v) is 19.5. The Morgan fingerprint density at radius 3 is 2.55 bits per heavy atom. The second-order valence-electron chi connectivity index (χ2n) is 9.23. The second-order valence-corrected chi connectivity index (χ2v) is 9.23. The molecule has 1 aromatic heterocycles. The molecular weight excluding hydrogens is 421 g/mol. The van der Waals surface area contributed by atoms with Crippen LogP contribution < -0.4 is 26.6 Å². The molecule has 33 heavy (non-hydrogen) atoms. The number of aryl methyl sites for hydroxylation is 1. The van der Waals surface area contributed by atoms with E-state index in [0.717, 1.165) is 56.5 Å². The highest BCUT2D eigenvalue weighted by Crippen LogP contribution is 2.32. The van der Waals surface area contributed by atoms with Crippen LogP contribution in [-0.4, -0.2) is 42.2 Å². The summed E-state index contributed by atoms with van der Waals surface area (Å²) in [5.41, 5.74) is 15.1. The van der Waals surface area contributed by atoms with Gasteiger partial charge >= 0.3 is 6.03 Å². The van der Waals surface area contributed by atoms with Gasteiger partial charge in [-0.05, 0) is 69.1 Å². The van der Waals surface area contributed by atoms with Crippen molar-refractivity contribution >= 4 is 23.5 Å². The van der Waals surface area contributed by atoms with Crippen molar-refractivity contribution in [2.45, 2.75) is 70.0 Å². The lowest BCUT2D eigenvalue weighted by Gasteiger charge is -2.37. The summed E-state index contributed by atoms with van der Waals surface area (Å²) in [6.45, 7) is 0.209. The first kappa shape index (κ1) is 23.2. The minimum atomic E-state index is -0.583. The summed E-state index contributed by atoms with van der Waals surface area (Å²) in [6, 6.07) is 3.83. The number of hydrogen-bond acceptors (Lipinski definition) is 6. The van der Waals surface area contributed by atoms with Gasteiger partial charge in [0.1, 0.15) is 11.6 Å². The third-order valence-electron chi connectivity index (χ3n) is 6.74. The number of nitrogens with zero attached hydrogens (tertiary/aromatic N) is 4. The van der Waals surface area contributed by atoms with Crippen LogP contribution in [0.15, 0.2) is 18.2 Å². The molecule has 0 atom stereocenters. The first-order chi connectivity index (χ1) is 15.9. The molecule has 5 N–H and O–H groups in total. The van der Waals surface area contributed by atoms with Gasteiger partial charge in [-0.15, -0.1) is 0 Å². The number of halogens is 1. The molecule has 1 aromatic carbocycles. The molecule has 8 nitrogen and oxygen atoms in total. The van der Waals surface area contributed by atoms with Crippen molar-refractivity contribution < 1.29 is 9.18 Å². The van der Waals surface area contributed by atoms with Crippen LogP contribution in [0.4, 0.5) is 26.6 Å². The van der Waals surface area contributed by atoms with Crippen LogP contribution in [0.2, 0.25) is 0 Å².